The predicted molar refractivity (Wildman–Crippen MR) is 275 cm³/mol. The van der Waals surface area contributed by atoms with Gasteiger partial charge in [0.1, 0.15) is 0 Å². The minimum Gasteiger partial charge on any atom is -0.310 e. The molecule has 66 heavy (non-hydrogen) atoms. The van der Waals surface area contributed by atoms with Crippen molar-refractivity contribution in [1.82, 2.24) is 0 Å². The van der Waals surface area contributed by atoms with Crippen LogP contribution in [-0.2, 0) is 10.8 Å². The van der Waals surface area contributed by atoms with E-state index in [1.165, 1.54) is 89.3 Å². The summed E-state index contributed by atoms with van der Waals surface area (Å²) in [6, 6.07) is 89.8. The molecule has 312 valence electrons. The molecule has 0 unspecified atom stereocenters. The summed E-state index contributed by atoms with van der Waals surface area (Å²) in [5, 5.41) is 0. The minimum absolute atomic E-state index is 0.219. The fourth-order valence-electron chi connectivity index (χ4n) is 11.6. The van der Waals surface area contributed by atoms with Crippen LogP contribution in [-0.4, -0.2) is 0 Å². The van der Waals surface area contributed by atoms with Crippen LogP contribution in [0.1, 0.15) is 47.2 Å². The molecule has 13 rings (SSSR count). The van der Waals surface area contributed by atoms with Gasteiger partial charge in [-0.3, -0.25) is 0 Å². The summed E-state index contributed by atoms with van der Waals surface area (Å²) in [5.74, 6) is 0. The average Bonchev–Trinajstić information content (AvgIpc) is 3.79. The number of para-hydroxylation sites is 4. The monoisotopic (exact) mass is 842 g/mol. The van der Waals surface area contributed by atoms with Crippen LogP contribution in [0.15, 0.2) is 243 Å². The van der Waals surface area contributed by atoms with Crippen molar-refractivity contribution in [3.8, 4) is 44.5 Å². The third-order valence-electron chi connectivity index (χ3n) is 14.7. The van der Waals surface area contributed by atoms with Gasteiger partial charge >= 0.3 is 0 Å². The molecule has 2 nitrogen and oxygen atoms in total. The maximum atomic E-state index is 2.47. The van der Waals surface area contributed by atoms with Crippen molar-refractivity contribution in [1.29, 1.82) is 0 Å². The van der Waals surface area contributed by atoms with E-state index in [-0.39, 0.29) is 5.41 Å². The lowest BCUT2D eigenvalue weighted by Crippen LogP contribution is -2.36. The van der Waals surface area contributed by atoms with Crippen LogP contribution in [0.2, 0.25) is 0 Å². The van der Waals surface area contributed by atoms with Crippen LogP contribution in [0.25, 0.3) is 44.5 Å². The lowest BCUT2D eigenvalue weighted by Gasteiger charge is -2.45. The summed E-state index contributed by atoms with van der Waals surface area (Å²) < 4.78 is 0. The second-order valence-electron chi connectivity index (χ2n) is 18.5. The first-order valence-electron chi connectivity index (χ1n) is 23.1. The van der Waals surface area contributed by atoms with Gasteiger partial charge < -0.3 is 9.80 Å². The molecular formula is C64H46N2. The molecule has 1 aliphatic heterocycles. The van der Waals surface area contributed by atoms with Crippen LogP contribution in [0.3, 0.4) is 0 Å². The molecule has 1 heterocycles. The van der Waals surface area contributed by atoms with Crippen molar-refractivity contribution in [3.05, 3.63) is 276 Å². The second-order valence-corrected chi connectivity index (χ2v) is 18.5. The molecule has 1 spiro atoms. The quantitative estimate of drug-likeness (QED) is 0.165. The zero-order valence-electron chi connectivity index (χ0n) is 37.0. The summed E-state index contributed by atoms with van der Waals surface area (Å²) in [6.45, 7) is 4.79. The Labute approximate surface area is 387 Å². The number of nitrogens with zero attached hydrogens (tertiary/aromatic N) is 2. The standard InChI is InChI=1S/C64H46N2/c1-63(2)59-41-46(32-37-52(59)53-38-36-50(42-60(53)63)65(47-20-8-4-9-21-47)49-34-30-44(31-35-49)43-18-6-3-7-19-43)45-33-39-56-54(40-45)51-24-12-13-25-55(51)64(56)57-26-14-16-28-61(57)66(48-22-10-5-11-23-48)62-29-17-15-27-58(62)64/h3-42H,1-2H3. The highest BCUT2D eigenvalue weighted by Crippen LogP contribution is 2.64. The van der Waals surface area contributed by atoms with Crippen LogP contribution in [0, 0.1) is 0 Å². The minimum atomic E-state index is -0.472. The van der Waals surface area contributed by atoms with Gasteiger partial charge in [0.2, 0.25) is 0 Å². The molecule has 0 aromatic heterocycles. The number of hydrogen-bond acceptors (Lipinski definition) is 2. The van der Waals surface area contributed by atoms with Crippen LogP contribution in [0.4, 0.5) is 34.1 Å². The molecule has 3 aliphatic rings. The first-order chi connectivity index (χ1) is 32.5. The molecule has 0 amide bonds. The first kappa shape index (κ1) is 38.3. The van der Waals surface area contributed by atoms with E-state index in [0.29, 0.717) is 0 Å². The molecule has 0 radical (unpaired) electrons. The van der Waals surface area contributed by atoms with Crippen molar-refractivity contribution in [3.63, 3.8) is 0 Å². The Morgan fingerprint density at radius 3 is 1.45 bits per heavy atom. The van der Waals surface area contributed by atoms with Gasteiger partial charge in [0.15, 0.2) is 0 Å². The number of benzene rings is 10. The number of hydrogen-bond donors (Lipinski definition) is 0. The SMILES string of the molecule is CC1(C)c2cc(-c3ccc4c(c3)-c3ccccc3C43c4ccccc4N(c4ccccc4)c4ccccc43)ccc2-c2ccc(N(c3ccccc3)c3ccc(-c4ccccc4)cc3)cc21. The third-order valence-corrected chi connectivity index (χ3v) is 14.7. The van der Waals surface area contributed by atoms with E-state index >= 15 is 0 Å². The number of fused-ring (bicyclic) bond motifs is 12. The molecule has 0 bridgehead atoms. The number of anilines is 6. The summed E-state index contributed by atoms with van der Waals surface area (Å²) in [5.41, 5.74) is 24.4. The molecule has 0 N–H and O–H groups in total. The molecule has 0 saturated heterocycles. The van der Waals surface area contributed by atoms with Crippen LogP contribution < -0.4 is 9.80 Å². The Balaban J connectivity index is 0.905. The van der Waals surface area contributed by atoms with Crippen molar-refractivity contribution in [2.45, 2.75) is 24.7 Å². The topological polar surface area (TPSA) is 6.48 Å². The molecular weight excluding hydrogens is 797 g/mol. The molecule has 10 aromatic carbocycles. The third kappa shape index (κ3) is 5.55. The lowest BCUT2D eigenvalue weighted by molar-refractivity contribution is 0.660. The molecule has 0 saturated carbocycles. The summed E-state index contributed by atoms with van der Waals surface area (Å²) in [4.78, 5) is 4.83. The molecule has 0 fully saturated rings. The number of rotatable bonds is 6. The average molecular weight is 843 g/mol. The normalized spacial score (nSPS) is 14.1. The van der Waals surface area contributed by atoms with E-state index in [1.54, 1.807) is 0 Å². The molecule has 0 atom stereocenters. The Bertz CT molecular complexity index is 3450. The van der Waals surface area contributed by atoms with Crippen molar-refractivity contribution in [2.24, 2.45) is 0 Å². The smallest absolute Gasteiger partial charge is 0.0754 e. The summed E-state index contributed by atoms with van der Waals surface area (Å²) in [7, 11) is 0. The van der Waals surface area contributed by atoms with Gasteiger partial charge in [-0.15, -0.1) is 0 Å². The van der Waals surface area contributed by atoms with Crippen LogP contribution in [0.5, 0.6) is 0 Å². The Morgan fingerprint density at radius 1 is 0.303 bits per heavy atom. The maximum Gasteiger partial charge on any atom is 0.0754 e. The maximum absolute atomic E-state index is 2.47. The van der Waals surface area contributed by atoms with Crippen LogP contribution >= 0.6 is 0 Å². The lowest BCUT2D eigenvalue weighted by atomic mass is 9.64. The van der Waals surface area contributed by atoms with E-state index in [9.17, 15) is 0 Å². The van der Waals surface area contributed by atoms with Crippen molar-refractivity contribution < 1.29 is 0 Å². The highest BCUT2D eigenvalue weighted by atomic mass is 15.2. The van der Waals surface area contributed by atoms with E-state index in [4.69, 9.17) is 0 Å². The van der Waals surface area contributed by atoms with E-state index < -0.39 is 5.41 Å². The largest absolute Gasteiger partial charge is 0.310 e. The molecule has 2 aliphatic carbocycles. The van der Waals surface area contributed by atoms with Gasteiger partial charge in [-0.05, 0) is 151 Å². The molecule has 2 heteroatoms. The van der Waals surface area contributed by atoms with E-state index in [2.05, 4.69) is 266 Å². The fourth-order valence-corrected chi connectivity index (χ4v) is 11.6. The van der Waals surface area contributed by atoms with Gasteiger partial charge in [0.05, 0.1) is 16.8 Å². The van der Waals surface area contributed by atoms with Gasteiger partial charge in [-0.1, -0.05) is 184 Å². The highest BCUT2D eigenvalue weighted by Gasteiger charge is 2.51. The van der Waals surface area contributed by atoms with Gasteiger partial charge in [-0.2, -0.15) is 0 Å². The van der Waals surface area contributed by atoms with Gasteiger partial charge in [0.25, 0.3) is 0 Å². The zero-order valence-corrected chi connectivity index (χ0v) is 37.0. The Kier molecular flexibility index (Phi) is 8.51. The first-order valence-corrected chi connectivity index (χ1v) is 23.1. The Hall–Kier alpha value is -8.20. The van der Waals surface area contributed by atoms with Crippen molar-refractivity contribution in [2.75, 3.05) is 9.80 Å². The summed E-state index contributed by atoms with van der Waals surface area (Å²) >= 11 is 0. The van der Waals surface area contributed by atoms with Gasteiger partial charge in [0, 0.05) is 28.2 Å². The highest BCUT2D eigenvalue weighted by molar-refractivity contribution is 5.97. The predicted octanol–water partition coefficient (Wildman–Crippen LogP) is 16.9. The summed E-state index contributed by atoms with van der Waals surface area (Å²) in [6.07, 6.45) is 0. The van der Waals surface area contributed by atoms with Crippen molar-refractivity contribution >= 4 is 34.1 Å². The van der Waals surface area contributed by atoms with E-state index in [0.717, 1.165) is 22.7 Å². The Morgan fingerprint density at radius 2 is 0.758 bits per heavy atom. The van der Waals surface area contributed by atoms with Gasteiger partial charge in [-0.25, -0.2) is 0 Å². The van der Waals surface area contributed by atoms with E-state index in [1.807, 2.05) is 0 Å². The molecule has 10 aromatic rings. The fraction of sp³-hybridized carbons (Fsp3) is 0.0625. The second kappa shape index (κ2) is 14.7. The zero-order chi connectivity index (χ0) is 44.0.